The molecule has 0 saturated heterocycles. The van der Waals surface area contributed by atoms with E-state index in [1.807, 2.05) is 0 Å². The Hall–Kier alpha value is -2.12. The Balaban J connectivity index is 1.46. The minimum Gasteiger partial charge on any atom is -0.462 e. The van der Waals surface area contributed by atoms with Crippen molar-refractivity contribution in [3.05, 3.63) is 0 Å². The molecular weight excluding hydrogens is 608 g/mol. The molecular formula is C40H66O8. The molecule has 4 rings (SSSR count). The second kappa shape index (κ2) is 16.3. The molecule has 4 aliphatic carbocycles. The number of hydrogen-bond acceptors (Lipinski definition) is 8. The van der Waals surface area contributed by atoms with Gasteiger partial charge < -0.3 is 18.9 Å². The van der Waals surface area contributed by atoms with E-state index < -0.39 is 42.2 Å². The number of esters is 4. The van der Waals surface area contributed by atoms with Crippen LogP contribution >= 0.6 is 0 Å². The largest absolute Gasteiger partial charge is 0.462 e. The van der Waals surface area contributed by atoms with Crippen molar-refractivity contribution in [2.24, 2.45) is 58.2 Å². The molecule has 4 fully saturated rings. The van der Waals surface area contributed by atoms with Gasteiger partial charge >= 0.3 is 23.9 Å². The van der Waals surface area contributed by atoms with Gasteiger partial charge in [0.25, 0.3) is 0 Å². The van der Waals surface area contributed by atoms with E-state index in [2.05, 4.69) is 34.6 Å². The van der Waals surface area contributed by atoms with E-state index >= 15 is 0 Å². The maximum atomic E-state index is 12.3. The molecule has 0 bridgehead atoms. The number of hydrogen-bond donors (Lipinski definition) is 0. The third kappa shape index (κ3) is 8.96. The Morgan fingerprint density at radius 2 is 1.31 bits per heavy atom. The van der Waals surface area contributed by atoms with Crippen molar-refractivity contribution >= 4 is 23.9 Å². The highest BCUT2D eigenvalue weighted by atomic mass is 16.6. The average molecular weight is 675 g/mol. The standard InChI is InChI=1S/C40H66O8/c1-24(2)11-10-12-25(3)33-15-16-34-32-14-13-31-21-30(17-19-39(31,8)35(32)18-20-40(33,34)9)22-36(46-27(5)42)38(48-29(7)44)37(47-28(6)43)23-45-26(4)41/h24-25,30-38H,10-23H2,1-9H3/t25-,30+,31+,32+,33-,34+,35+,36-,37+,38-,39+,40-/m1/s1. The van der Waals surface area contributed by atoms with Gasteiger partial charge in [0, 0.05) is 27.7 Å². The Bertz CT molecular complexity index is 1130. The third-order valence-corrected chi connectivity index (χ3v) is 13.7. The van der Waals surface area contributed by atoms with Crippen molar-refractivity contribution in [3.8, 4) is 0 Å². The van der Waals surface area contributed by atoms with Crippen molar-refractivity contribution in [2.75, 3.05) is 6.61 Å². The van der Waals surface area contributed by atoms with E-state index in [1.165, 1.54) is 85.5 Å². The average Bonchev–Trinajstić information content (AvgIpc) is 3.34. The van der Waals surface area contributed by atoms with Crippen LogP contribution in [0.5, 0.6) is 0 Å². The zero-order valence-electron chi connectivity index (χ0n) is 31.5. The van der Waals surface area contributed by atoms with E-state index in [0.717, 1.165) is 54.8 Å². The van der Waals surface area contributed by atoms with Gasteiger partial charge in [0.15, 0.2) is 12.2 Å². The van der Waals surface area contributed by atoms with Crippen molar-refractivity contribution in [1.29, 1.82) is 0 Å². The van der Waals surface area contributed by atoms with Crippen LogP contribution in [0.2, 0.25) is 0 Å². The van der Waals surface area contributed by atoms with Gasteiger partial charge in [-0.15, -0.1) is 0 Å². The summed E-state index contributed by atoms with van der Waals surface area (Å²) in [6.45, 7) is 17.3. The van der Waals surface area contributed by atoms with Crippen LogP contribution in [0.1, 0.15) is 146 Å². The maximum Gasteiger partial charge on any atom is 0.303 e. The molecule has 4 saturated carbocycles. The van der Waals surface area contributed by atoms with Crippen molar-refractivity contribution in [3.63, 3.8) is 0 Å². The number of carbonyl (C=O) groups excluding carboxylic acids is 4. The topological polar surface area (TPSA) is 105 Å². The van der Waals surface area contributed by atoms with E-state index in [-0.39, 0.29) is 12.5 Å². The zero-order valence-corrected chi connectivity index (χ0v) is 31.5. The van der Waals surface area contributed by atoms with E-state index in [1.54, 1.807) is 0 Å². The smallest absolute Gasteiger partial charge is 0.303 e. The van der Waals surface area contributed by atoms with Crippen LogP contribution in [0.4, 0.5) is 0 Å². The molecule has 0 aromatic heterocycles. The first-order valence-corrected chi connectivity index (χ1v) is 19.2. The van der Waals surface area contributed by atoms with Gasteiger partial charge in [-0.1, -0.05) is 53.9 Å². The van der Waals surface area contributed by atoms with Crippen LogP contribution in [0.3, 0.4) is 0 Å². The van der Waals surface area contributed by atoms with Crippen LogP contribution in [-0.2, 0) is 38.1 Å². The molecule has 12 atom stereocenters. The van der Waals surface area contributed by atoms with Crippen LogP contribution < -0.4 is 0 Å². The molecule has 0 spiro atoms. The quantitative estimate of drug-likeness (QED) is 0.134. The van der Waals surface area contributed by atoms with Gasteiger partial charge in [0.1, 0.15) is 12.7 Å². The Kier molecular flexibility index (Phi) is 13.1. The predicted molar refractivity (Wildman–Crippen MR) is 184 cm³/mol. The molecule has 0 aliphatic heterocycles. The summed E-state index contributed by atoms with van der Waals surface area (Å²) in [5.74, 6) is 3.52. The highest BCUT2D eigenvalue weighted by Crippen LogP contribution is 2.69. The summed E-state index contributed by atoms with van der Waals surface area (Å²) < 4.78 is 22.1. The lowest BCUT2D eigenvalue weighted by molar-refractivity contribution is -0.191. The Morgan fingerprint density at radius 1 is 0.688 bits per heavy atom. The Morgan fingerprint density at radius 3 is 1.94 bits per heavy atom. The highest BCUT2D eigenvalue weighted by Gasteiger charge is 2.60. The van der Waals surface area contributed by atoms with Crippen LogP contribution in [0.15, 0.2) is 0 Å². The molecule has 0 heterocycles. The van der Waals surface area contributed by atoms with Crippen molar-refractivity contribution < 1.29 is 38.1 Å². The summed E-state index contributed by atoms with van der Waals surface area (Å²) in [5.41, 5.74) is 0.788. The number of rotatable bonds is 14. The Labute approximate surface area is 290 Å². The first-order chi connectivity index (χ1) is 22.5. The summed E-state index contributed by atoms with van der Waals surface area (Å²) in [7, 11) is 0. The van der Waals surface area contributed by atoms with Crippen LogP contribution in [0, 0.1) is 58.2 Å². The molecule has 4 aliphatic rings. The lowest BCUT2D eigenvalue weighted by atomic mass is 9.44. The summed E-state index contributed by atoms with van der Waals surface area (Å²) in [6.07, 6.45) is 12.8. The van der Waals surface area contributed by atoms with Crippen LogP contribution in [-0.4, -0.2) is 48.8 Å². The molecule has 274 valence electrons. The fourth-order valence-corrected chi connectivity index (χ4v) is 11.6. The molecule has 0 aromatic carbocycles. The molecule has 48 heavy (non-hydrogen) atoms. The number of carbonyl (C=O) groups is 4. The molecule has 0 N–H and O–H groups in total. The summed E-state index contributed by atoms with van der Waals surface area (Å²) in [5, 5.41) is 0. The summed E-state index contributed by atoms with van der Waals surface area (Å²) in [4.78, 5) is 48.2. The van der Waals surface area contributed by atoms with Gasteiger partial charge in [-0.2, -0.15) is 0 Å². The monoisotopic (exact) mass is 674 g/mol. The van der Waals surface area contributed by atoms with Gasteiger partial charge in [0.2, 0.25) is 0 Å². The molecule has 0 amide bonds. The lowest BCUT2D eigenvalue weighted by Crippen LogP contribution is -2.54. The molecule has 8 heteroatoms. The van der Waals surface area contributed by atoms with Gasteiger partial charge in [-0.3, -0.25) is 19.2 Å². The molecule has 0 unspecified atom stereocenters. The predicted octanol–water partition coefficient (Wildman–Crippen LogP) is 8.47. The summed E-state index contributed by atoms with van der Waals surface area (Å²) in [6, 6.07) is 0. The molecule has 0 radical (unpaired) electrons. The second-order valence-corrected chi connectivity index (χ2v) is 17.2. The minimum absolute atomic E-state index is 0.269. The SMILES string of the molecule is CC(=O)OC[C@H](OC(C)=O)[C@H](OC(C)=O)[C@@H](C[C@H]1CC[C@@]2(C)[C@@H](CC[C@@H]3[C@@H]2CC[C@]2(C)[C@@H]([C@H](C)CCCC(C)C)CC[C@@H]32)C1)OC(C)=O. The normalized spacial score (nSPS) is 35.2. The first kappa shape index (κ1) is 38.7. The number of fused-ring (bicyclic) bond motifs is 5. The summed E-state index contributed by atoms with van der Waals surface area (Å²) >= 11 is 0. The van der Waals surface area contributed by atoms with Gasteiger partial charge in [-0.05, 0) is 122 Å². The van der Waals surface area contributed by atoms with Gasteiger partial charge in [-0.25, -0.2) is 0 Å². The zero-order chi connectivity index (χ0) is 35.4. The highest BCUT2D eigenvalue weighted by molar-refractivity contribution is 5.68. The van der Waals surface area contributed by atoms with Crippen LogP contribution in [0.25, 0.3) is 0 Å². The maximum absolute atomic E-state index is 12.3. The fraction of sp³-hybridized carbons (Fsp3) is 0.900. The lowest BCUT2D eigenvalue weighted by Gasteiger charge is -2.61. The molecule has 8 nitrogen and oxygen atoms in total. The van der Waals surface area contributed by atoms with E-state index in [9.17, 15) is 19.2 Å². The van der Waals surface area contributed by atoms with E-state index in [0.29, 0.717) is 23.2 Å². The van der Waals surface area contributed by atoms with Gasteiger partial charge in [0.05, 0.1) is 0 Å². The third-order valence-electron chi connectivity index (χ3n) is 13.7. The number of ether oxygens (including phenoxy) is 4. The van der Waals surface area contributed by atoms with Crippen molar-refractivity contribution in [1.82, 2.24) is 0 Å². The second-order valence-electron chi connectivity index (χ2n) is 17.2. The minimum atomic E-state index is -1.09. The fourth-order valence-electron chi connectivity index (χ4n) is 11.6. The first-order valence-electron chi connectivity index (χ1n) is 19.2. The van der Waals surface area contributed by atoms with E-state index in [4.69, 9.17) is 18.9 Å². The van der Waals surface area contributed by atoms with Crippen molar-refractivity contribution in [2.45, 2.75) is 164 Å². The molecule has 0 aromatic rings.